The zero-order valence-corrected chi connectivity index (χ0v) is 12.2. The van der Waals surface area contributed by atoms with E-state index in [1.54, 1.807) is 24.3 Å². The highest BCUT2D eigenvalue weighted by atomic mass is 32.2. The van der Waals surface area contributed by atoms with E-state index in [0.29, 0.717) is 35.2 Å². The molecule has 0 fully saturated rings. The average Bonchev–Trinajstić information content (AvgIpc) is 2.49. The summed E-state index contributed by atoms with van der Waals surface area (Å²) < 4.78 is 25.0. The number of carbonyl (C=O) groups is 1. The third-order valence-electron chi connectivity index (χ3n) is 3.08. The number of hydrogen-bond acceptors (Lipinski definition) is 4. The summed E-state index contributed by atoms with van der Waals surface area (Å²) in [5, 5.41) is 0. The van der Waals surface area contributed by atoms with Gasteiger partial charge < -0.3 is 9.47 Å². The van der Waals surface area contributed by atoms with Gasteiger partial charge in [-0.2, -0.15) is 0 Å². The molecule has 3 rings (SSSR count). The zero-order chi connectivity index (χ0) is 14.8. The summed E-state index contributed by atoms with van der Waals surface area (Å²) in [5.41, 5.74) is 0.384. The molecule has 0 atom stereocenters. The molecule has 2 aromatic rings. The summed E-state index contributed by atoms with van der Waals surface area (Å²) >= 11 is 1.21. The Balaban J connectivity index is 1.95. The molecule has 108 valence electrons. The van der Waals surface area contributed by atoms with Gasteiger partial charge in [0, 0.05) is 10.5 Å². The number of hydrogen-bond donors (Lipinski definition) is 0. The van der Waals surface area contributed by atoms with E-state index in [0.717, 1.165) is 4.90 Å². The van der Waals surface area contributed by atoms with Crippen LogP contribution in [0.1, 0.15) is 17.3 Å². The number of ketones is 1. The van der Waals surface area contributed by atoms with Crippen molar-refractivity contribution in [3.05, 3.63) is 47.8 Å². The number of halogens is 1. The molecule has 0 bridgehead atoms. The monoisotopic (exact) mass is 304 g/mol. The van der Waals surface area contributed by atoms with Crippen LogP contribution in [0.15, 0.2) is 46.2 Å². The fourth-order valence-electron chi connectivity index (χ4n) is 2.09. The minimum absolute atomic E-state index is 0.158. The van der Waals surface area contributed by atoms with Crippen molar-refractivity contribution in [3.63, 3.8) is 0 Å². The maximum absolute atomic E-state index is 14.0. The summed E-state index contributed by atoms with van der Waals surface area (Å²) in [6.07, 6.45) is 0. The maximum Gasteiger partial charge on any atom is 0.162 e. The Morgan fingerprint density at radius 3 is 2.67 bits per heavy atom. The number of fused-ring (bicyclic) bond motifs is 1. The van der Waals surface area contributed by atoms with Crippen LogP contribution in [0, 0.1) is 5.82 Å². The third kappa shape index (κ3) is 2.88. The van der Waals surface area contributed by atoms with Gasteiger partial charge in [0.2, 0.25) is 0 Å². The standard InChI is InChI=1S/C16H13FO3S/c1-10(18)12-3-2-4-13(17)16(12)21-11-5-6-14-15(9-11)20-8-7-19-14/h2-6,9H,7-8H2,1H3. The molecule has 1 aliphatic rings. The fourth-order valence-corrected chi connectivity index (χ4v) is 3.12. The van der Waals surface area contributed by atoms with Crippen molar-refractivity contribution in [1.29, 1.82) is 0 Å². The highest BCUT2D eigenvalue weighted by Gasteiger charge is 2.16. The van der Waals surface area contributed by atoms with Crippen molar-refractivity contribution < 1.29 is 18.7 Å². The minimum Gasteiger partial charge on any atom is -0.486 e. The zero-order valence-electron chi connectivity index (χ0n) is 11.4. The summed E-state index contributed by atoms with van der Waals surface area (Å²) in [4.78, 5) is 12.7. The van der Waals surface area contributed by atoms with Crippen molar-refractivity contribution >= 4 is 17.5 Å². The molecule has 0 amide bonds. The van der Waals surface area contributed by atoms with Crippen molar-refractivity contribution in [2.75, 3.05) is 13.2 Å². The van der Waals surface area contributed by atoms with Crippen LogP contribution in [0.2, 0.25) is 0 Å². The van der Waals surface area contributed by atoms with Gasteiger partial charge in [0.15, 0.2) is 17.3 Å². The lowest BCUT2D eigenvalue weighted by molar-refractivity contribution is 0.101. The van der Waals surface area contributed by atoms with Crippen LogP contribution >= 0.6 is 11.8 Å². The largest absolute Gasteiger partial charge is 0.486 e. The van der Waals surface area contributed by atoms with Crippen LogP contribution in [0.5, 0.6) is 11.5 Å². The van der Waals surface area contributed by atoms with E-state index in [4.69, 9.17) is 9.47 Å². The van der Waals surface area contributed by atoms with Gasteiger partial charge in [-0.05, 0) is 31.2 Å². The number of benzene rings is 2. The lowest BCUT2D eigenvalue weighted by Gasteiger charge is -2.19. The summed E-state index contributed by atoms with van der Waals surface area (Å²) in [5.74, 6) is 0.773. The molecule has 0 aliphatic carbocycles. The fraction of sp³-hybridized carbons (Fsp3) is 0.188. The first-order valence-electron chi connectivity index (χ1n) is 6.52. The number of rotatable bonds is 3. The van der Waals surface area contributed by atoms with E-state index < -0.39 is 5.82 Å². The first-order valence-corrected chi connectivity index (χ1v) is 7.34. The molecule has 0 saturated heterocycles. The van der Waals surface area contributed by atoms with Gasteiger partial charge in [-0.1, -0.05) is 23.9 Å². The predicted octanol–water partition coefficient (Wildman–Crippen LogP) is 3.95. The Bertz CT molecular complexity index is 700. The molecule has 0 spiro atoms. The first-order chi connectivity index (χ1) is 10.1. The SMILES string of the molecule is CC(=O)c1cccc(F)c1Sc1ccc2c(c1)OCCO2. The van der Waals surface area contributed by atoms with Gasteiger partial charge in [-0.25, -0.2) is 4.39 Å². The lowest BCUT2D eigenvalue weighted by Crippen LogP contribution is -2.15. The summed E-state index contributed by atoms with van der Waals surface area (Å²) in [6, 6.07) is 9.95. The molecule has 1 aliphatic heterocycles. The molecule has 0 radical (unpaired) electrons. The van der Waals surface area contributed by atoms with Crippen LogP contribution in [0.4, 0.5) is 4.39 Å². The highest BCUT2D eigenvalue weighted by molar-refractivity contribution is 7.99. The Morgan fingerprint density at radius 1 is 1.14 bits per heavy atom. The van der Waals surface area contributed by atoms with E-state index in [2.05, 4.69) is 0 Å². The molecule has 0 saturated carbocycles. The van der Waals surface area contributed by atoms with Crippen LogP contribution in [0.25, 0.3) is 0 Å². The van der Waals surface area contributed by atoms with Crippen LogP contribution in [-0.4, -0.2) is 19.0 Å². The molecular weight excluding hydrogens is 291 g/mol. The molecule has 3 nitrogen and oxygen atoms in total. The van der Waals surface area contributed by atoms with Crippen molar-refractivity contribution in [2.24, 2.45) is 0 Å². The molecule has 2 aromatic carbocycles. The van der Waals surface area contributed by atoms with Gasteiger partial charge in [-0.15, -0.1) is 0 Å². The smallest absolute Gasteiger partial charge is 0.162 e. The highest BCUT2D eigenvalue weighted by Crippen LogP contribution is 2.38. The van der Waals surface area contributed by atoms with E-state index in [1.165, 1.54) is 24.8 Å². The summed E-state index contributed by atoms with van der Waals surface area (Å²) in [7, 11) is 0. The second-order valence-corrected chi connectivity index (χ2v) is 5.66. The Labute approximate surface area is 126 Å². The Morgan fingerprint density at radius 2 is 1.90 bits per heavy atom. The Hall–Kier alpha value is -2.01. The normalized spacial score (nSPS) is 13.0. The lowest BCUT2D eigenvalue weighted by atomic mass is 10.1. The van der Waals surface area contributed by atoms with E-state index >= 15 is 0 Å². The van der Waals surface area contributed by atoms with E-state index in [-0.39, 0.29) is 5.78 Å². The van der Waals surface area contributed by atoms with Gasteiger partial charge in [0.1, 0.15) is 19.0 Å². The van der Waals surface area contributed by atoms with Crippen molar-refractivity contribution in [1.82, 2.24) is 0 Å². The van der Waals surface area contributed by atoms with E-state index in [9.17, 15) is 9.18 Å². The number of Topliss-reactive ketones (excluding diaryl/α,β-unsaturated/α-hetero) is 1. The minimum atomic E-state index is -0.400. The topological polar surface area (TPSA) is 35.5 Å². The molecular formula is C16H13FO3S. The second-order valence-electron chi connectivity index (χ2n) is 4.58. The quantitative estimate of drug-likeness (QED) is 0.804. The van der Waals surface area contributed by atoms with Crippen LogP contribution < -0.4 is 9.47 Å². The van der Waals surface area contributed by atoms with Gasteiger partial charge >= 0.3 is 0 Å². The maximum atomic E-state index is 14.0. The number of carbonyl (C=O) groups excluding carboxylic acids is 1. The van der Waals surface area contributed by atoms with Crippen molar-refractivity contribution in [2.45, 2.75) is 16.7 Å². The average molecular weight is 304 g/mol. The molecule has 0 N–H and O–H groups in total. The first kappa shape index (κ1) is 13.9. The van der Waals surface area contributed by atoms with Crippen LogP contribution in [-0.2, 0) is 0 Å². The molecule has 5 heteroatoms. The van der Waals surface area contributed by atoms with Crippen molar-refractivity contribution in [3.8, 4) is 11.5 Å². The Kier molecular flexibility index (Phi) is 3.84. The summed E-state index contributed by atoms with van der Waals surface area (Å²) in [6.45, 7) is 2.46. The molecule has 0 unspecified atom stereocenters. The van der Waals surface area contributed by atoms with Gasteiger partial charge in [0.05, 0.1) is 4.90 Å². The molecule has 1 heterocycles. The van der Waals surface area contributed by atoms with E-state index in [1.807, 2.05) is 6.07 Å². The third-order valence-corrected chi connectivity index (χ3v) is 4.19. The van der Waals surface area contributed by atoms with Gasteiger partial charge in [-0.3, -0.25) is 4.79 Å². The second kappa shape index (κ2) is 5.77. The van der Waals surface area contributed by atoms with Gasteiger partial charge in [0.25, 0.3) is 0 Å². The molecule has 0 aromatic heterocycles. The molecule has 21 heavy (non-hydrogen) atoms. The predicted molar refractivity (Wildman–Crippen MR) is 78.0 cm³/mol. The van der Waals surface area contributed by atoms with Crippen LogP contribution in [0.3, 0.4) is 0 Å². The number of ether oxygens (including phenoxy) is 2.